The summed E-state index contributed by atoms with van der Waals surface area (Å²) in [6, 6.07) is -0.365. The SMILES string of the molecule is C[C@@H](C(=O)NCCc1nccs1)N1CCCC1=O. The molecule has 0 radical (unpaired) electrons. The van der Waals surface area contributed by atoms with Crippen molar-refractivity contribution in [3.8, 4) is 0 Å². The number of hydrogen-bond donors (Lipinski definition) is 1. The zero-order valence-electron chi connectivity index (χ0n) is 10.4. The molecule has 98 valence electrons. The van der Waals surface area contributed by atoms with Gasteiger partial charge in [0.05, 0.1) is 5.01 Å². The standard InChI is InChI=1S/C12H17N3O2S/c1-9(15-7-2-3-11(15)16)12(17)14-5-4-10-13-6-8-18-10/h6,8-9H,2-5,7H2,1H3,(H,14,17)/t9-/m0/s1. The second kappa shape index (κ2) is 5.95. The van der Waals surface area contributed by atoms with E-state index < -0.39 is 0 Å². The smallest absolute Gasteiger partial charge is 0.242 e. The van der Waals surface area contributed by atoms with Crippen LogP contribution < -0.4 is 5.32 Å². The summed E-state index contributed by atoms with van der Waals surface area (Å²) >= 11 is 1.58. The Kier molecular flexibility index (Phi) is 4.30. The minimum absolute atomic E-state index is 0.0811. The summed E-state index contributed by atoms with van der Waals surface area (Å²) in [7, 11) is 0. The molecule has 2 amide bonds. The molecular weight excluding hydrogens is 250 g/mol. The molecule has 0 aliphatic carbocycles. The minimum Gasteiger partial charge on any atom is -0.354 e. The molecule has 2 heterocycles. The molecule has 0 unspecified atom stereocenters. The summed E-state index contributed by atoms with van der Waals surface area (Å²) in [6.07, 6.45) is 3.92. The first-order valence-electron chi connectivity index (χ1n) is 6.14. The van der Waals surface area contributed by atoms with Gasteiger partial charge >= 0.3 is 0 Å². The van der Waals surface area contributed by atoms with E-state index in [1.807, 2.05) is 5.38 Å². The maximum absolute atomic E-state index is 11.9. The van der Waals surface area contributed by atoms with Crippen LogP contribution in [-0.2, 0) is 16.0 Å². The molecule has 1 aromatic heterocycles. The van der Waals surface area contributed by atoms with Crippen molar-refractivity contribution in [3.05, 3.63) is 16.6 Å². The lowest BCUT2D eigenvalue weighted by Crippen LogP contribution is -2.46. The van der Waals surface area contributed by atoms with Crippen molar-refractivity contribution in [3.63, 3.8) is 0 Å². The second-order valence-electron chi connectivity index (χ2n) is 4.33. The fourth-order valence-corrected chi connectivity index (χ4v) is 2.66. The van der Waals surface area contributed by atoms with Gasteiger partial charge in [-0.1, -0.05) is 0 Å². The maximum atomic E-state index is 11.9. The minimum atomic E-state index is -0.365. The Bertz CT molecular complexity index is 419. The lowest BCUT2D eigenvalue weighted by atomic mass is 10.2. The molecule has 1 aliphatic rings. The largest absolute Gasteiger partial charge is 0.354 e. The van der Waals surface area contributed by atoms with Crippen LogP contribution in [0.4, 0.5) is 0 Å². The van der Waals surface area contributed by atoms with E-state index in [1.54, 1.807) is 29.4 Å². The molecule has 1 aromatic rings. The predicted molar refractivity (Wildman–Crippen MR) is 69.2 cm³/mol. The van der Waals surface area contributed by atoms with Crippen LogP contribution >= 0.6 is 11.3 Å². The normalized spacial score (nSPS) is 16.9. The van der Waals surface area contributed by atoms with Crippen molar-refractivity contribution in [1.29, 1.82) is 0 Å². The molecule has 2 rings (SSSR count). The summed E-state index contributed by atoms with van der Waals surface area (Å²) in [6.45, 7) is 3.04. The van der Waals surface area contributed by atoms with E-state index in [2.05, 4.69) is 10.3 Å². The van der Waals surface area contributed by atoms with Gasteiger partial charge in [-0.05, 0) is 13.3 Å². The Hall–Kier alpha value is -1.43. The zero-order chi connectivity index (χ0) is 13.0. The summed E-state index contributed by atoms with van der Waals surface area (Å²) in [5.74, 6) is -0.000574. The number of aromatic nitrogens is 1. The molecule has 0 bridgehead atoms. The highest BCUT2D eigenvalue weighted by molar-refractivity contribution is 7.09. The van der Waals surface area contributed by atoms with Crippen molar-refractivity contribution in [2.75, 3.05) is 13.1 Å². The first-order chi connectivity index (χ1) is 8.68. The zero-order valence-corrected chi connectivity index (χ0v) is 11.2. The van der Waals surface area contributed by atoms with E-state index in [1.165, 1.54) is 0 Å². The lowest BCUT2D eigenvalue weighted by molar-refractivity contribution is -0.136. The number of carbonyl (C=O) groups is 2. The highest BCUT2D eigenvalue weighted by Gasteiger charge is 2.28. The first-order valence-corrected chi connectivity index (χ1v) is 7.02. The lowest BCUT2D eigenvalue weighted by Gasteiger charge is -2.23. The van der Waals surface area contributed by atoms with Crippen molar-refractivity contribution in [1.82, 2.24) is 15.2 Å². The molecule has 0 spiro atoms. The van der Waals surface area contributed by atoms with E-state index in [9.17, 15) is 9.59 Å². The van der Waals surface area contributed by atoms with Crippen LogP contribution in [-0.4, -0.2) is 40.8 Å². The highest BCUT2D eigenvalue weighted by Crippen LogP contribution is 2.13. The number of nitrogens with zero attached hydrogens (tertiary/aromatic N) is 2. The molecular formula is C12H17N3O2S. The maximum Gasteiger partial charge on any atom is 0.242 e. The molecule has 0 saturated carbocycles. The number of likely N-dealkylation sites (tertiary alicyclic amines) is 1. The monoisotopic (exact) mass is 267 g/mol. The van der Waals surface area contributed by atoms with Gasteiger partial charge in [-0.2, -0.15) is 0 Å². The van der Waals surface area contributed by atoms with Crippen molar-refractivity contribution in [2.45, 2.75) is 32.2 Å². The Morgan fingerprint density at radius 3 is 3.11 bits per heavy atom. The molecule has 1 atom stereocenters. The third kappa shape index (κ3) is 3.07. The van der Waals surface area contributed by atoms with Gasteiger partial charge in [0.15, 0.2) is 0 Å². The molecule has 1 N–H and O–H groups in total. The summed E-state index contributed by atoms with van der Waals surface area (Å²) in [4.78, 5) is 29.2. The van der Waals surface area contributed by atoms with E-state index in [0.717, 1.165) is 17.8 Å². The van der Waals surface area contributed by atoms with Crippen LogP contribution in [0.5, 0.6) is 0 Å². The van der Waals surface area contributed by atoms with Crippen LogP contribution in [0.3, 0.4) is 0 Å². The molecule has 6 heteroatoms. The Labute approximate surface area is 110 Å². The van der Waals surface area contributed by atoms with Crippen LogP contribution in [0.15, 0.2) is 11.6 Å². The number of nitrogens with one attached hydrogen (secondary N) is 1. The average Bonchev–Trinajstić information content (AvgIpc) is 2.99. The molecule has 5 nitrogen and oxygen atoms in total. The quantitative estimate of drug-likeness (QED) is 0.859. The van der Waals surface area contributed by atoms with Gasteiger partial charge in [-0.15, -0.1) is 11.3 Å². The van der Waals surface area contributed by atoms with Crippen LogP contribution in [0.1, 0.15) is 24.8 Å². The Balaban J connectivity index is 1.75. The van der Waals surface area contributed by atoms with E-state index >= 15 is 0 Å². The third-order valence-corrected chi connectivity index (χ3v) is 3.92. The fraction of sp³-hybridized carbons (Fsp3) is 0.583. The molecule has 1 aliphatic heterocycles. The van der Waals surface area contributed by atoms with E-state index in [-0.39, 0.29) is 17.9 Å². The molecule has 18 heavy (non-hydrogen) atoms. The number of rotatable bonds is 5. The summed E-state index contributed by atoms with van der Waals surface area (Å²) in [5.41, 5.74) is 0. The van der Waals surface area contributed by atoms with E-state index in [0.29, 0.717) is 19.5 Å². The number of thiazole rings is 1. The number of carbonyl (C=O) groups excluding carboxylic acids is 2. The summed E-state index contributed by atoms with van der Waals surface area (Å²) < 4.78 is 0. The van der Waals surface area contributed by atoms with Crippen molar-refractivity contribution < 1.29 is 9.59 Å². The van der Waals surface area contributed by atoms with Gasteiger partial charge in [0.1, 0.15) is 6.04 Å². The third-order valence-electron chi connectivity index (χ3n) is 3.08. The molecule has 0 aromatic carbocycles. The van der Waals surface area contributed by atoms with Crippen LogP contribution in [0.2, 0.25) is 0 Å². The van der Waals surface area contributed by atoms with Gasteiger partial charge in [-0.25, -0.2) is 4.98 Å². The number of hydrogen-bond acceptors (Lipinski definition) is 4. The topological polar surface area (TPSA) is 62.3 Å². The predicted octanol–water partition coefficient (Wildman–Crippen LogP) is 0.813. The van der Waals surface area contributed by atoms with Crippen molar-refractivity contribution in [2.24, 2.45) is 0 Å². The highest BCUT2D eigenvalue weighted by atomic mass is 32.1. The van der Waals surface area contributed by atoms with Crippen LogP contribution in [0.25, 0.3) is 0 Å². The van der Waals surface area contributed by atoms with Gasteiger partial charge in [0, 0.05) is 37.5 Å². The number of amides is 2. The summed E-state index contributed by atoms with van der Waals surface area (Å²) in [5, 5.41) is 5.79. The van der Waals surface area contributed by atoms with Crippen molar-refractivity contribution >= 4 is 23.2 Å². The molecule has 1 saturated heterocycles. The van der Waals surface area contributed by atoms with Crippen LogP contribution in [0, 0.1) is 0 Å². The second-order valence-corrected chi connectivity index (χ2v) is 5.31. The molecule has 1 fully saturated rings. The van der Waals surface area contributed by atoms with Gasteiger partial charge < -0.3 is 10.2 Å². The first kappa shape index (κ1) is 13.0. The Morgan fingerprint density at radius 1 is 1.67 bits per heavy atom. The Morgan fingerprint density at radius 2 is 2.50 bits per heavy atom. The fourth-order valence-electron chi connectivity index (χ4n) is 2.04. The van der Waals surface area contributed by atoms with Gasteiger partial charge in [0.2, 0.25) is 11.8 Å². The van der Waals surface area contributed by atoms with Gasteiger partial charge in [0.25, 0.3) is 0 Å². The van der Waals surface area contributed by atoms with E-state index in [4.69, 9.17) is 0 Å². The average molecular weight is 267 g/mol. The van der Waals surface area contributed by atoms with Gasteiger partial charge in [-0.3, -0.25) is 9.59 Å².